The van der Waals surface area contributed by atoms with Crippen molar-refractivity contribution in [2.75, 3.05) is 0 Å². The Bertz CT molecular complexity index is 362. The van der Waals surface area contributed by atoms with E-state index in [1.807, 2.05) is 0 Å². The number of hydrogen-bond acceptors (Lipinski definition) is 0. The van der Waals surface area contributed by atoms with Crippen molar-refractivity contribution in [3.05, 3.63) is 35.4 Å². The second-order valence-electron chi connectivity index (χ2n) is 5.12. The van der Waals surface area contributed by atoms with Gasteiger partial charge in [0.2, 0.25) is 0 Å². The summed E-state index contributed by atoms with van der Waals surface area (Å²) in [6.07, 6.45) is 0. The molecule has 1 aliphatic rings. The van der Waals surface area contributed by atoms with E-state index in [0.717, 1.165) is 0 Å². The Balaban J connectivity index is 2.76. The molecule has 1 aromatic carbocycles. The van der Waals surface area contributed by atoms with E-state index in [2.05, 4.69) is 73.8 Å². The second kappa shape index (κ2) is 2.94. The van der Waals surface area contributed by atoms with E-state index in [1.54, 1.807) is 3.55 Å². The summed E-state index contributed by atoms with van der Waals surface area (Å²) in [6, 6.07) is 8.84. The SMILES string of the molecule is CC1(C)C(=[Te])C(C)(C)c2ccccc21. The van der Waals surface area contributed by atoms with Gasteiger partial charge in [-0.2, -0.15) is 0 Å². The topological polar surface area (TPSA) is 0 Å². The van der Waals surface area contributed by atoms with Gasteiger partial charge in [0, 0.05) is 0 Å². The predicted octanol–water partition coefficient (Wildman–Crippen LogP) is 2.60. The average Bonchev–Trinajstić information content (AvgIpc) is 2.28. The first-order valence-electron chi connectivity index (χ1n) is 5.03. The molecule has 0 amide bonds. The molecular weight excluding hydrogens is 284 g/mol. The molecule has 0 unspecified atom stereocenters. The van der Waals surface area contributed by atoms with Crippen LogP contribution < -0.4 is 0 Å². The number of fused-ring (bicyclic) bond motifs is 1. The molecule has 74 valence electrons. The minimum atomic E-state index is 0.241. The first kappa shape index (κ1) is 10.4. The van der Waals surface area contributed by atoms with Crippen LogP contribution in [0.4, 0.5) is 0 Å². The van der Waals surface area contributed by atoms with Gasteiger partial charge in [-0.15, -0.1) is 0 Å². The third-order valence-corrected chi connectivity index (χ3v) is 6.32. The molecule has 1 aromatic rings. The third-order valence-electron chi connectivity index (χ3n) is 3.41. The second-order valence-corrected chi connectivity index (χ2v) is 6.29. The van der Waals surface area contributed by atoms with Crippen molar-refractivity contribution < 1.29 is 0 Å². The summed E-state index contributed by atoms with van der Waals surface area (Å²) in [4.78, 5) is 0. The molecule has 14 heavy (non-hydrogen) atoms. The molecule has 0 heterocycles. The van der Waals surface area contributed by atoms with Crippen molar-refractivity contribution in [2.45, 2.75) is 38.5 Å². The fourth-order valence-electron chi connectivity index (χ4n) is 2.60. The van der Waals surface area contributed by atoms with E-state index in [4.69, 9.17) is 0 Å². The Morgan fingerprint density at radius 1 is 0.857 bits per heavy atom. The number of benzene rings is 1. The molecule has 2 rings (SSSR count). The molecule has 0 aromatic heterocycles. The molecule has 0 saturated heterocycles. The molecule has 0 fully saturated rings. The predicted molar refractivity (Wildman–Crippen MR) is 63.3 cm³/mol. The molecule has 0 N–H and O–H groups in total. The van der Waals surface area contributed by atoms with E-state index >= 15 is 0 Å². The van der Waals surface area contributed by atoms with Crippen LogP contribution in [0.1, 0.15) is 38.8 Å². The Morgan fingerprint density at radius 3 is 1.57 bits per heavy atom. The summed E-state index contributed by atoms with van der Waals surface area (Å²) >= 11 is 2.21. The van der Waals surface area contributed by atoms with Crippen molar-refractivity contribution in [1.29, 1.82) is 0 Å². The van der Waals surface area contributed by atoms with Crippen molar-refractivity contribution in [1.82, 2.24) is 0 Å². The Morgan fingerprint density at radius 2 is 1.21 bits per heavy atom. The number of hydrogen-bond donors (Lipinski definition) is 0. The van der Waals surface area contributed by atoms with Crippen LogP contribution in [0.2, 0.25) is 0 Å². The van der Waals surface area contributed by atoms with Crippen LogP contribution in [0, 0.1) is 0 Å². The Labute approximate surface area is 99.1 Å². The fourth-order valence-corrected chi connectivity index (χ4v) is 3.23. The fraction of sp³-hybridized carbons (Fsp3) is 0.462. The summed E-state index contributed by atoms with van der Waals surface area (Å²) in [6.45, 7) is 9.33. The van der Waals surface area contributed by atoms with Crippen molar-refractivity contribution in [2.24, 2.45) is 0 Å². The number of rotatable bonds is 0. The molecule has 0 bridgehead atoms. The first-order chi connectivity index (χ1) is 6.38. The van der Waals surface area contributed by atoms with Gasteiger partial charge in [-0.05, 0) is 0 Å². The summed E-state index contributed by atoms with van der Waals surface area (Å²) in [5.41, 5.74) is 3.49. The normalized spacial score (nSPS) is 22.1. The van der Waals surface area contributed by atoms with Crippen molar-refractivity contribution in [3.8, 4) is 0 Å². The van der Waals surface area contributed by atoms with Gasteiger partial charge in [-0.25, -0.2) is 0 Å². The van der Waals surface area contributed by atoms with Gasteiger partial charge in [0.25, 0.3) is 0 Å². The Kier molecular flexibility index (Phi) is 2.18. The quantitative estimate of drug-likeness (QED) is 0.646. The molecule has 0 radical (unpaired) electrons. The van der Waals surface area contributed by atoms with Crippen LogP contribution in [0.3, 0.4) is 0 Å². The van der Waals surface area contributed by atoms with E-state index in [9.17, 15) is 0 Å². The molecule has 1 aliphatic carbocycles. The molecule has 0 aliphatic heterocycles. The van der Waals surface area contributed by atoms with E-state index in [-0.39, 0.29) is 10.8 Å². The van der Waals surface area contributed by atoms with E-state index in [1.165, 1.54) is 11.1 Å². The monoisotopic (exact) mass is 302 g/mol. The molecular formula is C13H16Te. The van der Waals surface area contributed by atoms with Crippen LogP contribution in [-0.2, 0) is 10.8 Å². The zero-order chi connectivity index (χ0) is 10.6. The van der Waals surface area contributed by atoms with Gasteiger partial charge in [-0.1, -0.05) is 0 Å². The zero-order valence-corrected chi connectivity index (χ0v) is 11.5. The summed E-state index contributed by atoms with van der Waals surface area (Å²) < 4.78 is 1.59. The third kappa shape index (κ3) is 1.16. The standard InChI is InChI=1S/C13H16Te/c1-12(2)9-7-5-6-8-10(9)13(3,4)11(12)14/h5-8H,1-4H3. The average molecular weight is 300 g/mol. The molecule has 0 saturated carbocycles. The minimum absolute atomic E-state index is 0.241. The van der Waals surface area contributed by atoms with Crippen LogP contribution >= 0.6 is 0 Å². The summed E-state index contributed by atoms with van der Waals surface area (Å²) in [5.74, 6) is 0. The van der Waals surface area contributed by atoms with Crippen molar-refractivity contribution in [3.63, 3.8) is 0 Å². The zero-order valence-electron chi connectivity index (χ0n) is 9.22. The summed E-state index contributed by atoms with van der Waals surface area (Å²) in [5, 5.41) is 0. The van der Waals surface area contributed by atoms with Crippen molar-refractivity contribution >= 4 is 25.4 Å². The van der Waals surface area contributed by atoms with Gasteiger partial charge in [0.1, 0.15) is 0 Å². The molecule has 0 nitrogen and oxygen atoms in total. The maximum absolute atomic E-state index is 2.33. The maximum atomic E-state index is 2.33. The van der Waals surface area contributed by atoms with E-state index < -0.39 is 0 Å². The van der Waals surface area contributed by atoms with Crippen LogP contribution in [-0.4, -0.2) is 25.4 Å². The van der Waals surface area contributed by atoms with Gasteiger partial charge in [0.15, 0.2) is 0 Å². The van der Waals surface area contributed by atoms with E-state index in [0.29, 0.717) is 0 Å². The van der Waals surface area contributed by atoms with Crippen LogP contribution in [0.15, 0.2) is 24.3 Å². The first-order valence-corrected chi connectivity index (χ1v) is 6.20. The van der Waals surface area contributed by atoms with Gasteiger partial charge < -0.3 is 0 Å². The molecule has 1 heteroatoms. The van der Waals surface area contributed by atoms with Gasteiger partial charge >= 0.3 is 99.3 Å². The molecule has 0 atom stereocenters. The molecule has 0 spiro atoms. The van der Waals surface area contributed by atoms with Gasteiger partial charge in [0.05, 0.1) is 0 Å². The Hall–Kier alpha value is -0.120. The van der Waals surface area contributed by atoms with Crippen LogP contribution in [0.5, 0.6) is 0 Å². The van der Waals surface area contributed by atoms with Gasteiger partial charge in [-0.3, -0.25) is 0 Å². The van der Waals surface area contributed by atoms with Crippen LogP contribution in [0.25, 0.3) is 0 Å². The summed E-state index contributed by atoms with van der Waals surface area (Å²) in [7, 11) is 0.